The molecule has 1 aliphatic rings. The van der Waals surface area contributed by atoms with Crippen LogP contribution < -0.4 is 4.72 Å². The van der Waals surface area contributed by atoms with E-state index >= 15 is 0 Å². The third kappa shape index (κ3) is 3.34. The quantitative estimate of drug-likeness (QED) is 0.928. The predicted molar refractivity (Wildman–Crippen MR) is 72.9 cm³/mol. The van der Waals surface area contributed by atoms with E-state index in [4.69, 9.17) is 0 Å². The topological polar surface area (TPSA) is 46.2 Å². The molecule has 3 nitrogen and oxygen atoms in total. The van der Waals surface area contributed by atoms with Crippen molar-refractivity contribution in [2.75, 3.05) is 0 Å². The van der Waals surface area contributed by atoms with Crippen molar-refractivity contribution in [3.63, 3.8) is 0 Å². The first kappa shape index (κ1) is 14.5. The summed E-state index contributed by atoms with van der Waals surface area (Å²) in [4.78, 5) is 0.143. The Hall–Kier alpha value is -0.940. The van der Waals surface area contributed by atoms with Gasteiger partial charge in [-0.05, 0) is 49.4 Å². The van der Waals surface area contributed by atoms with E-state index < -0.39 is 10.0 Å². The number of nitrogens with one attached hydrogen (secondary N) is 1. The van der Waals surface area contributed by atoms with Gasteiger partial charge >= 0.3 is 0 Å². The van der Waals surface area contributed by atoms with Gasteiger partial charge in [0.2, 0.25) is 10.0 Å². The molecule has 0 aliphatic heterocycles. The summed E-state index contributed by atoms with van der Waals surface area (Å²) in [5, 5.41) is 0. The molecule has 1 aliphatic carbocycles. The van der Waals surface area contributed by atoms with Crippen LogP contribution in [0, 0.1) is 18.7 Å². The minimum atomic E-state index is -3.55. The first-order chi connectivity index (χ1) is 8.90. The highest BCUT2D eigenvalue weighted by atomic mass is 32.2. The summed E-state index contributed by atoms with van der Waals surface area (Å²) in [6, 6.07) is 3.89. The molecule has 19 heavy (non-hydrogen) atoms. The molecule has 2 atom stereocenters. The average molecular weight is 285 g/mol. The molecule has 0 heterocycles. The molecule has 0 unspecified atom stereocenters. The molecule has 0 bridgehead atoms. The van der Waals surface area contributed by atoms with Crippen LogP contribution in [0.4, 0.5) is 4.39 Å². The number of benzene rings is 1. The average Bonchev–Trinajstić information content (AvgIpc) is 2.35. The number of hydrogen-bond acceptors (Lipinski definition) is 2. The van der Waals surface area contributed by atoms with Crippen LogP contribution >= 0.6 is 0 Å². The predicted octanol–water partition coefficient (Wildman–Crippen LogP) is 2.99. The number of aryl methyl sites for hydroxylation is 1. The summed E-state index contributed by atoms with van der Waals surface area (Å²) in [6.45, 7) is 3.64. The second kappa shape index (κ2) is 5.59. The number of sulfonamides is 1. The summed E-state index contributed by atoms with van der Waals surface area (Å²) < 4.78 is 40.5. The van der Waals surface area contributed by atoms with Gasteiger partial charge in [-0.3, -0.25) is 0 Å². The summed E-state index contributed by atoms with van der Waals surface area (Å²) in [7, 11) is -3.55. The van der Waals surface area contributed by atoms with Crippen molar-refractivity contribution < 1.29 is 12.8 Å². The van der Waals surface area contributed by atoms with Crippen LogP contribution in [-0.4, -0.2) is 14.5 Å². The zero-order chi connectivity index (χ0) is 14.0. The molecule has 5 heteroatoms. The maximum Gasteiger partial charge on any atom is 0.240 e. The van der Waals surface area contributed by atoms with Gasteiger partial charge in [0.05, 0.1) is 4.90 Å². The zero-order valence-corrected chi connectivity index (χ0v) is 12.1. The zero-order valence-electron chi connectivity index (χ0n) is 11.3. The molecule has 1 aromatic rings. The molecule has 1 saturated carbocycles. The van der Waals surface area contributed by atoms with Crippen LogP contribution in [0.5, 0.6) is 0 Å². The molecule has 2 rings (SSSR count). The lowest BCUT2D eigenvalue weighted by atomic mass is 9.87. The Kier molecular flexibility index (Phi) is 4.26. The van der Waals surface area contributed by atoms with E-state index in [9.17, 15) is 12.8 Å². The van der Waals surface area contributed by atoms with Gasteiger partial charge in [-0.15, -0.1) is 0 Å². The largest absolute Gasteiger partial charge is 0.240 e. The van der Waals surface area contributed by atoms with Crippen LogP contribution in [0.1, 0.15) is 38.2 Å². The molecular weight excluding hydrogens is 265 g/mol. The molecule has 1 N–H and O–H groups in total. The van der Waals surface area contributed by atoms with E-state index in [2.05, 4.69) is 11.6 Å². The Morgan fingerprint density at radius 3 is 2.58 bits per heavy atom. The summed E-state index contributed by atoms with van der Waals surface area (Å²) in [6.07, 6.45) is 4.14. The Bertz CT molecular complexity index is 557. The lowest BCUT2D eigenvalue weighted by Crippen LogP contribution is -2.40. The van der Waals surface area contributed by atoms with E-state index in [0.717, 1.165) is 25.7 Å². The normalized spacial score (nSPS) is 24.4. The highest BCUT2D eigenvalue weighted by Gasteiger charge is 2.26. The van der Waals surface area contributed by atoms with Crippen molar-refractivity contribution in [3.05, 3.63) is 29.6 Å². The lowest BCUT2D eigenvalue weighted by molar-refractivity contribution is 0.310. The van der Waals surface area contributed by atoms with Gasteiger partial charge in [0, 0.05) is 6.04 Å². The monoisotopic (exact) mass is 285 g/mol. The molecular formula is C14H20FNO2S. The van der Waals surface area contributed by atoms with Crippen LogP contribution in [0.2, 0.25) is 0 Å². The van der Waals surface area contributed by atoms with E-state index in [0.29, 0.717) is 11.5 Å². The summed E-state index contributed by atoms with van der Waals surface area (Å²) in [5.74, 6) is -0.0324. The fourth-order valence-corrected chi connectivity index (χ4v) is 4.01. The number of rotatable bonds is 3. The minimum absolute atomic E-state index is 0.0101. The van der Waals surface area contributed by atoms with Crippen molar-refractivity contribution in [2.24, 2.45) is 5.92 Å². The molecule has 0 radical (unpaired) electrons. The van der Waals surface area contributed by atoms with Crippen LogP contribution in [0.15, 0.2) is 23.1 Å². The molecule has 106 valence electrons. The number of hydrogen-bond donors (Lipinski definition) is 1. The molecule has 0 saturated heterocycles. The highest BCUT2D eigenvalue weighted by Crippen LogP contribution is 2.25. The van der Waals surface area contributed by atoms with Crippen molar-refractivity contribution in [1.29, 1.82) is 0 Å². The van der Waals surface area contributed by atoms with Gasteiger partial charge in [-0.25, -0.2) is 17.5 Å². The lowest BCUT2D eigenvalue weighted by Gasteiger charge is -2.29. The van der Waals surface area contributed by atoms with Gasteiger partial charge in [-0.1, -0.05) is 19.8 Å². The van der Waals surface area contributed by atoms with Crippen molar-refractivity contribution >= 4 is 10.0 Å². The van der Waals surface area contributed by atoms with Gasteiger partial charge < -0.3 is 0 Å². The van der Waals surface area contributed by atoms with Crippen molar-refractivity contribution in [1.82, 2.24) is 4.72 Å². The first-order valence-electron chi connectivity index (χ1n) is 6.68. The fraction of sp³-hybridized carbons (Fsp3) is 0.571. The minimum Gasteiger partial charge on any atom is -0.208 e. The van der Waals surface area contributed by atoms with E-state index in [1.54, 1.807) is 6.92 Å². The van der Waals surface area contributed by atoms with Gasteiger partial charge in [-0.2, -0.15) is 0 Å². The van der Waals surface area contributed by atoms with Gasteiger partial charge in [0.15, 0.2) is 0 Å². The molecule has 0 aromatic heterocycles. The highest BCUT2D eigenvalue weighted by molar-refractivity contribution is 7.89. The van der Waals surface area contributed by atoms with Gasteiger partial charge in [0.25, 0.3) is 0 Å². The Labute approximate surface area is 114 Å². The Morgan fingerprint density at radius 2 is 1.95 bits per heavy atom. The SMILES string of the molecule is Cc1cc(S(=O)(=O)N[C@H]2CCCC[C@@H]2C)ccc1F. The summed E-state index contributed by atoms with van der Waals surface area (Å²) >= 11 is 0. The molecule has 0 amide bonds. The Balaban J connectivity index is 2.19. The van der Waals surface area contributed by atoms with Gasteiger partial charge in [0.1, 0.15) is 5.82 Å². The van der Waals surface area contributed by atoms with Crippen molar-refractivity contribution in [3.8, 4) is 0 Å². The molecule has 0 spiro atoms. The van der Waals surface area contributed by atoms with E-state index in [1.165, 1.54) is 18.2 Å². The van der Waals surface area contributed by atoms with E-state index in [-0.39, 0.29) is 16.8 Å². The second-order valence-electron chi connectivity index (χ2n) is 5.40. The summed E-state index contributed by atoms with van der Waals surface area (Å²) in [5.41, 5.74) is 0.347. The van der Waals surface area contributed by atoms with Crippen LogP contribution in [0.25, 0.3) is 0 Å². The standard InChI is InChI=1S/C14H20FNO2S/c1-10-5-3-4-6-14(10)16-19(17,18)12-7-8-13(15)11(2)9-12/h7-10,14,16H,3-6H2,1-2H3/t10-,14-/m0/s1. The smallest absolute Gasteiger partial charge is 0.208 e. The maximum absolute atomic E-state index is 13.2. The maximum atomic E-state index is 13.2. The first-order valence-corrected chi connectivity index (χ1v) is 8.17. The number of halogens is 1. The third-order valence-corrected chi connectivity index (χ3v) is 5.35. The van der Waals surface area contributed by atoms with Crippen LogP contribution in [-0.2, 0) is 10.0 Å². The Morgan fingerprint density at radius 1 is 1.26 bits per heavy atom. The fourth-order valence-electron chi connectivity index (χ4n) is 2.54. The van der Waals surface area contributed by atoms with E-state index in [1.807, 2.05) is 0 Å². The van der Waals surface area contributed by atoms with Crippen molar-refractivity contribution in [2.45, 2.75) is 50.5 Å². The van der Waals surface area contributed by atoms with Crippen LogP contribution in [0.3, 0.4) is 0 Å². The molecule has 1 fully saturated rings. The molecule has 1 aromatic carbocycles. The third-order valence-electron chi connectivity index (χ3n) is 3.86. The second-order valence-corrected chi connectivity index (χ2v) is 7.11.